The molecule has 0 fully saturated rings. The van der Waals surface area contributed by atoms with E-state index in [1.807, 2.05) is 0 Å². The van der Waals surface area contributed by atoms with Gasteiger partial charge < -0.3 is 9.47 Å². The van der Waals surface area contributed by atoms with Crippen LogP contribution in [-0.4, -0.2) is 19.3 Å². The highest BCUT2D eigenvalue weighted by atomic mass is 79.9. The van der Waals surface area contributed by atoms with Crippen molar-refractivity contribution in [3.63, 3.8) is 0 Å². The molecule has 0 saturated heterocycles. The fourth-order valence-electron chi connectivity index (χ4n) is 2.10. The van der Waals surface area contributed by atoms with Crippen LogP contribution < -0.4 is 4.74 Å². The van der Waals surface area contributed by atoms with Crippen molar-refractivity contribution in [1.29, 1.82) is 0 Å². The number of benzene rings is 2. The fraction of sp³-hybridized carbons (Fsp3) is 0.412. The number of rotatable bonds is 6. The molecule has 0 spiro atoms. The van der Waals surface area contributed by atoms with Crippen molar-refractivity contribution in [1.82, 2.24) is 0 Å². The summed E-state index contributed by atoms with van der Waals surface area (Å²) in [5.41, 5.74) is 1.06. The molecule has 0 aromatic heterocycles. The van der Waals surface area contributed by atoms with E-state index in [0.29, 0.717) is 6.61 Å². The van der Waals surface area contributed by atoms with E-state index < -0.39 is 0 Å². The van der Waals surface area contributed by atoms with E-state index in [0.717, 1.165) is 17.5 Å². The molecule has 2 aromatic rings. The molecule has 108 valence electrons. The average molecular weight is 337 g/mol. The molecule has 0 N–H and O–H groups in total. The van der Waals surface area contributed by atoms with E-state index in [1.165, 1.54) is 16.3 Å². The van der Waals surface area contributed by atoms with Gasteiger partial charge in [0.05, 0.1) is 12.2 Å². The molecule has 0 aliphatic rings. The summed E-state index contributed by atoms with van der Waals surface area (Å²) in [5.74, 6) is 0.951. The Morgan fingerprint density at radius 1 is 1.10 bits per heavy atom. The molecule has 3 heteroatoms. The van der Waals surface area contributed by atoms with Gasteiger partial charge in [-0.2, -0.15) is 0 Å². The molecule has 0 radical (unpaired) electrons. The van der Waals surface area contributed by atoms with Gasteiger partial charge in [-0.1, -0.05) is 46.3 Å². The Kier molecular flexibility index (Phi) is 5.06. The number of halogens is 1. The molecule has 0 unspecified atom stereocenters. The largest absolute Gasteiger partial charge is 0.493 e. The van der Waals surface area contributed by atoms with Crippen molar-refractivity contribution in [2.45, 2.75) is 31.2 Å². The molecule has 0 heterocycles. The minimum atomic E-state index is -0.147. The molecule has 2 aromatic carbocycles. The smallest absolute Gasteiger partial charge is 0.123 e. The second-order valence-corrected chi connectivity index (χ2v) is 6.02. The van der Waals surface area contributed by atoms with Gasteiger partial charge in [0.15, 0.2) is 0 Å². The maximum atomic E-state index is 5.96. The van der Waals surface area contributed by atoms with E-state index in [-0.39, 0.29) is 5.60 Å². The topological polar surface area (TPSA) is 18.5 Å². The highest BCUT2D eigenvalue weighted by Crippen LogP contribution is 2.30. The second-order valence-electron chi connectivity index (χ2n) is 5.46. The van der Waals surface area contributed by atoms with E-state index in [9.17, 15) is 0 Å². The minimum Gasteiger partial charge on any atom is -0.493 e. The average Bonchev–Trinajstić information content (AvgIpc) is 2.46. The van der Waals surface area contributed by atoms with Crippen molar-refractivity contribution in [3.8, 4) is 5.75 Å². The summed E-state index contributed by atoms with van der Waals surface area (Å²) >= 11 is 3.57. The van der Waals surface area contributed by atoms with Crippen molar-refractivity contribution in [3.05, 3.63) is 42.0 Å². The van der Waals surface area contributed by atoms with Crippen LogP contribution in [0.3, 0.4) is 0 Å². The van der Waals surface area contributed by atoms with Gasteiger partial charge in [-0.05, 0) is 30.7 Å². The molecule has 0 aliphatic heterocycles. The molecule has 2 rings (SSSR count). The zero-order chi connectivity index (χ0) is 14.6. The SMILES string of the molecule is COC(C)(C)CCOc1ccc2ccccc2c1CBr. The second kappa shape index (κ2) is 6.59. The van der Waals surface area contributed by atoms with Crippen molar-refractivity contribution >= 4 is 26.7 Å². The summed E-state index contributed by atoms with van der Waals surface area (Å²) in [6, 6.07) is 12.5. The molecule has 2 nitrogen and oxygen atoms in total. The third-order valence-corrected chi connectivity index (χ3v) is 4.21. The lowest BCUT2D eigenvalue weighted by Gasteiger charge is -2.23. The van der Waals surface area contributed by atoms with Crippen LogP contribution in [0.4, 0.5) is 0 Å². The summed E-state index contributed by atoms with van der Waals surface area (Å²) in [6.45, 7) is 4.80. The first-order valence-corrected chi connectivity index (χ1v) is 7.94. The van der Waals surface area contributed by atoms with Crippen LogP contribution in [0.5, 0.6) is 5.75 Å². The Balaban J connectivity index is 2.18. The molecule has 0 saturated carbocycles. The summed E-state index contributed by atoms with van der Waals surface area (Å²) in [5, 5.41) is 3.27. The van der Waals surface area contributed by atoms with Crippen LogP contribution in [0, 0.1) is 0 Å². The van der Waals surface area contributed by atoms with Gasteiger partial charge in [0, 0.05) is 24.4 Å². The normalized spacial score (nSPS) is 11.8. The first-order chi connectivity index (χ1) is 9.57. The van der Waals surface area contributed by atoms with Gasteiger partial charge in [-0.25, -0.2) is 0 Å². The van der Waals surface area contributed by atoms with Gasteiger partial charge in [-0.3, -0.25) is 0 Å². The predicted molar refractivity (Wildman–Crippen MR) is 87.8 cm³/mol. The minimum absolute atomic E-state index is 0.147. The van der Waals surface area contributed by atoms with Gasteiger partial charge in [-0.15, -0.1) is 0 Å². The van der Waals surface area contributed by atoms with Crippen LogP contribution in [0.25, 0.3) is 10.8 Å². The first-order valence-electron chi connectivity index (χ1n) is 6.82. The number of fused-ring (bicyclic) bond motifs is 1. The van der Waals surface area contributed by atoms with Crippen molar-refractivity contribution in [2.24, 2.45) is 0 Å². The number of methoxy groups -OCH3 is 1. The molecule has 0 amide bonds. The van der Waals surface area contributed by atoms with E-state index in [4.69, 9.17) is 9.47 Å². The number of hydrogen-bond donors (Lipinski definition) is 0. The Bertz CT molecular complexity index is 578. The van der Waals surface area contributed by atoms with E-state index in [2.05, 4.69) is 66.2 Å². The van der Waals surface area contributed by atoms with Crippen LogP contribution in [0.15, 0.2) is 36.4 Å². The summed E-state index contributed by atoms with van der Waals surface area (Å²) in [4.78, 5) is 0. The highest BCUT2D eigenvalue weighted by molar-refractivity contribution is 9.08. The quantitative estimate of drug-likeness (QED) is 0.696. The van der Waals surface area contributed by atoms with E-state index in [1.54, 1.807) is 7.11 Å². The van der Waals surface area contributed by atoms with Crippen molar-refractivity contribution in [2.75, 3.05) is 13.7 Å². The highest BCUT2D eigenvalue weighted by Gasteiger charge is 2.16. The maximum Gasteiger partial charge on any atom is 0.123 e. The summed E-state index contributed by atoms with van der Waals surface area (Å²) in [7, 11) is 1.74. The third kappa shape index (κ3) is 3.53. The van der Waals surface area contributed by atoms with Crippen LogP contribution in [0.2, 0.25) is 0 Å². The van der Waals surface area contributed by atoms with E-state index >= 15 is 0 Å². The summed E-state index contributed by atoms with van der Waals surface area (Å²) < 4.78 is 11.4. The van der Waals surface area contributed by atoms with Gasteiger partial charge in [0.25, 0.3) is 0 Å². The Morgan fingerprint density at radius 3 is 2.55 bits per heavy atom. The number of ether oxygens (including phenoxy) is 2. The molecular weight excluding hydrogens is 316 g/mol. The van der Waals surface area contributed by atoms with Crippen LogP contribution >= 0.6 is 15.9 Å². The predicted octanol–water partition coefficient (Wildman–Crippen LogP) is 4.93. The lowest BCUT2D eigenvalue weighted by Crippen LogP contribution is -2.25. The Hall–Kier alpha value is -1.06. The third-order valence-electron chi connectivity index (χ3n) is 3.65. The number of alkyl halides is 1. The lowest BCUT2D eigenvalue weighted by atomic mass is 10.0. The van der Waals surface area contributed by atoms with Crippen molar-refractivity contribution < 1.29 is 9.47 Å². The standard InChI is InChI=1S/C17H21BrO2/c1-17(2,19-3)10-11-20-16-9-8-13-6-4-5-7-14(13)15(16)12-18/h4-9H,10-12H2,1-3H3. The Morgan fingerprint density at radius 2 is 1.85 bits per heavy atom. The molecule has 0 bridgehead atoms. The fourth-order valence-corrected chi connectivity index (χ4v) is 2.68. The molecule has 0 aliphatic carbocycles. The van der Waals surface area contributed by atoms with Gasteiger partial charge in [0.1, 0.15) is 5.75 Å². The maximum absolute atomic E-state index is 5.96. The number of hydrogen-bond acceptors (Lipinski definition) is 2. The van der Waals surface area contributed by atoms with Gasteiger partial charge in [0.2, 0.25) is 0 Å². The zero-order valence-electron chi connectivity index (χ0n) is 12.3. The lowest BCUT2D eigenvalue weighted by molar-refractivity contribution is 0.00541. The Labute approximate surface area is 129 Å². The van der Waals surface area contributed by atoms with Gasteiger partial charge >= 0.3 is 0 Å². The molecular formula is C17H21BrO2. The first kappa shape index (κ1) is 15.3. The zero-order valence-corrected chi connectivity index (χ0v) is 13.9. The molecule has 20 heavy (non-hydrogen) atoms. The van der Waals surface area contributed by atoms with Crippen LogP contribution in [0.1, 0.15) is 25.8 Å². The summed E-state index contributed by atoms with van der Waals surface area (Å²) in [6.07, 6.45) is 0.859. The molecule has 0 atom stereocenters. The van der Waals surface area contributed by atoms with Crippen LogP contribution in [-0.2, 0) is 10.1 Å². The monoisotopic (exact) mass is 336 g/mol.